The first-order chi connectivity index (χ1) is 5.15. The fraction of sp³-hybridized carbons (Fsp3) is 1.00. The standard InChI is InChI=1S/C7H14O4/c1-4-2-5(9)7(10)11-6(4)3-8/h4-10H,2-3H2,1H3. The van der Waals surface area contributed by atoms with E-state index in [9.17, 15) is 0 Å². The minimum absolute atomic E-state index is 0.0957. The van der Waals surface area contributed by atoms with Crippen molar-refractivity contribution in [3.8, 4) is 0 Å². The van der Waals surface area contributed by atoms with E-state index in [0.717, 1.165) is 0 Å². The Balaban J connectivity index is 2.48. The molecule has 4 atom stereocenters. The maximum absolute atomic E-state index is 9.10. The van der Waals surface area contributed by atoms with Crippen molar-refractivity contribution < 1.29 is 20.1 Å². The molecule has 1 heterocycles. The molecular weight excluding hydrogens is 148 g/mol. The molecule has 0 radical (unpaired) electrons. The molecule has 4 heteroatoms. The van der Waals surface area contributed by atoms with Gasteiger partial charge in [-0.2, -0.15) is 0 Å². The monoisotopic (exact) mass is 162 g/mol. The highest BCUT2D eigenvalue weighted by Crippen LogP contribution is 2.23. The molecule has 0 aromatic heterocycles. The summed E-state index contributed by atoms with van der Waals surface area (Å²) in [6, 6.07) is 0. The van der Waals surface area contributed by atoms with E-state index in [2.05, 4.69) is 0 Å². The predicted molar refractivity (Wildman–Crippen MR) is 37.8 cm³/mol. The molecule has 0 bridgehead atoms. The van der Waals surface area contributed by atoms with Crippen LogP contribution in [0.3, 0.4) is 0 Å². The lowest BCUT2D eigenvalue weighted by Crippen LogP contribution is -2.44. The third-order valence-electron chi connectivity index (χ3n) is 2.07. The summed E-state index contributed by atoms with van der Waals surface area (Å²) in [5.74, 6) is 0.0957. The van der Waals surface area contributed by atoms with Gasteiger partial charge in [0.1, 0.15) is 6.10 Å². The van der Waals surface area contributed by atoms with Gasteiger partial charge < -0.3 is 20.1 Å². The fourth-order valence-corrected chi connectivity index (χ4v) is 1.28. The lowest BCUT2D eigenvalue weighted by molar-refractivity contribution is -0.237. The van der Waals surface area contributed by atoms with Gasteiger partial charge in [-0.3, -0.25) is 0 Å². The number of aliphatic hydroxyl groups is 3. The Bertz CT molecular complexity index is 128. The highest BCUT2D eigenvalue weighted by atomic mass is 16.6. The van der Waals surface area contributed by atoms with Crippen molar-refractivity contribution >= 4 is 0 Å². The van der Waals surface area contributed by atoms with Crippen LogP contribution in [0.4, 0.5) is 0 Å². The van der Waals surface area contributed by atoms with Crippen molar-refractivity contribution in [3.05, 3.63) is 0 Å². The zero-order valence-electron chi connectivity index (χ0n) is 6.47. The van der Waals surface area contributed by atoms with Crippen molar-refractivity contribution in [3.63, 3.8) is 0 Å². The second-order valence-corrected chi connectivity index (χ2v) is 3.03. The average molecular weight is 162 g/mol. The van der Waals surface area contributed by atoms with Crippen LogP contribution in [0.15, 0.2) is 0 Å². The molecule has 0 aromatic carbocycles. The Morgan fingerprint density at radius 2 is 2.09 bits per heavy atom. The minimum Gasteiger partial charge on any atom is -0.394 e. The smallest absolute Gasteiger partial charge is 0.181 e. The van der Waals surface area contributed by atoms with Crippen molar-refractivity contribution in [2.24, 2.45) is 5.92 Å². The number of hydrogen-bond acceptors (Lipinski definition) is 4. The molecule has 0 saturated carbocycles. The lowest BCUT2D eigenvalue weighted by atomic mass is 9.94. The summed E-state index contributed by atoms with van der Waals surface area (Å²) in [6.45, 7) is 1.76. The van der Waals surface area contributed by atoms with Gasteiger partial charge in [-0.25, -0.2) is 0 Å². The molecule has 66 valence electrons. The van der Waals surface area contributed by atoms with Gasteiger partial charge in [0.25, 0.3) is 0 Å². The SMILES string of the molecule is CC1CC(O)C(O)OC1CO. The lowest BCUT2D eigenvalue weighted by Gasteiger charge is -2.34. The van der Waals surface area contributed by atoms with E-state index in [0.29, 0.717) is 6.42 Å². The molecule has 0 spiro atoms. The third-order valence-corrected chi connectivity index (χ3v) is 2.07. The summed E-state index contributed by atoms with van der Waals surface area (Å²) in [7, 11) is 0. The highest BCUT2D eigenvalue weighted by Gasteiger charge is 2.32. The van der Waals surface area contributed by atoms with Crippen LogP contribution in [-0.4, -0.2) is 40.4 Å². The summed E-state index contributed by atoms with van der Waals surface area (Å²) < 4.78 is 4.92. The normalized spacial score (nSPS) is 45.8. The van der Waals surface area contributed by atoms with Crippen molar-refractivity contribution in [1.29, 1.82) is 0 Å². The molecule has 4 nitrogen and oxygen atoms in total. The van der Waals surface area contributed by atoms with Crippen LogP contribution in [-0.2, 0) is 4.74 Å². The molecule has 0 amide bonds. The van der Waals surface area contributed by atoms with Gasteiger partial charge in [0.2, 0.25) is 0 Å². The molecule has 1 fully saturated rings. The first-order valence-electron chi connectivity index (χ1n) is 3.77. The first-order valence-corrected chi connectivity index (χ1v) is 3.77. The van der Waals surface area contributed by atoms with Crippen LogP contribution in [0.25, 0.3) is 0 Å². The molecule has 1 saturated heterocycles. The molecule has 1 rings (SSSR count). The number of rotatable bonds is 1. The van der Waals surface area contributed by atoms with E-state index in [1.54, 1.807) is 0 Å². The molecule has 4 unspecified atom stereocenters. The van der Waals surface area contributed by atoms with Crippen LogP contribution < -0.4 is 0 Å². The molecule has 11 heavy (non-hydrogen) atoms. The van der Waals surface area contributed by atoms with Gasteiger partial charge in [0, 0.05) is 0 Å². The zero-order valence-corrected chi connectivity index (χ0v) is 6.47. The Kier molecular flexibility index (Phi) is 2.84. The van der Waals surface area contributed by atoms with Crippen LogP contribution >= 0.6 is 0 Å². The van der Waals surface area contributed by atoms with Gasteiger partial charge in [0.05, 0.1) is 12.7 Å². The molecule has 0 aliphatic carbocycles. The first kappa shape index (κ1) is 8.93. The summed E-state index contributed by atoms with van der Waals surface area (Å²) in [4.78, 5) is 0. The predicted octanol–water partition coefficient (Wildman–Crippen LogP) is -0.917. The fourth-order valence-electron chi connectivity index (χ4n) is 1.28. The van der Waals surface area contributed by atoms with Crippen molar-refractivity contribution in [1.82, 2.24) is 0 Å². The Labute approximate surface area is 65.4 Å². The molecule has 0 aromatic rings. The Morgan fingerprint density at radius 1 is 1.45 bits per heavy atom. The number of aliphatic hydroxyl groups excluding tert-OH is 3. The highest BCUT2D eigenvalue weighted by molar-refractivity contribution is 4.77. The topological polar surface area (TPSA) is 69.9 Å². The molecule has 3 N–H and O–H groups in total. The van der Waals surface area contributed by atoms with Crippen molar-refractivity contribution in [2.45, 2.75) is 31.8 Å². The quantitative estimate of drug-likeness (QED) is 0.466. The number of ether oxygens (including phenoxy) is 1. The summed E-state index contributed by atoms with van der Waals surface area (Å²) in [5.41, 5.74) is 0. The van der Waals surface area contributed by atoms with E-state index < -0.39 is 12.4 Å². The maximum Gasteiger partial charge on any atom is 0.181 e. The van der Waals surface area contributed by atoms with Crippen molar-refractivity contribution in [2.75, 3.05) is 6.61 Å². The second kappa shape index (κ2) is 3.49. The average Bonchev–Trinajstić information content (AvgIpc) is 1.97. The van der Waals surface area contributed by atoms with E-state index in [1.165, 1.54) is 0 Å². The summed E-state index contributed by atoms with van der Waals surface area (Å²) in [6.07, 6.45) is -1.81. The molecule has 1 aliphatic heterocycles. The molecule has 1 aliphatic rings. The van der Waals surface area contributed by atoms with Gasteiger partial charge in [-0.05, 0) is 12.3 Å². The molecular formula is C7H14O4. The van der Waals surface area contributed by atoms with Crippen LogP contribution in [0, 0.1) is 5.92 Å². The van der Waals surface area contributed by atoms with Crippen LogP contribution in [0.5, 0.6) is 0 Å². The van der Waals surface area contributed by atoms with Gasteiger partial charge >= 0.3 is 0 Å². The van der Waals surface area contributed by atoms with E-state index >= 15 is 0 Å². The third kappa shape index (κ3) is 1.90. The van der Waals surface area contributed by atoms with Gasteiger partial charge in [-0.1, -0.05) is 6.92 Å². The maximum atomic E-state index is 9.10. The van der Waals surface area contributed by atoms with E-state index in [4.69, 9.17) is 20.1 Å². The van der Waals surface area contributed by atoms with Gasteiger partial charge in [-0.15, -0.1) is 0 Å². The number of hydrogen-bond donors (Lipinski definition) is 3. The Morgan fingerprint density at radius 3 is 2.64 bits per heavy atom. The van der Waals surface area contributed by atoms with Crippen LogP contribution in [0.1, 0.15) is 13.3 Å². The summed E-state index contributed by atoms with van der Waals surface area (Å²) in [5, 5.41) is 26.9. The second-order valence-electron chi connectivity index (χ2n) is 3.03. The van der Waals surface area contributed by atoms with E-state index in [1.807, 2.05) is 6.92 Å². The Hall–Kier alpha value is -0.160. The largest absolute Gasteiger partial charge is 0.394 e. The van der Waals surface area contributed by atoms with Gasteiger partial charge in [0.15, 0.2) is 6.29 Å². The summed E-state index contributed by atoms with van der Waals surface area (Å²) >= 11 is 0. The van der Waals surface area contributed by atoms with Crippen LogP contribution in [0.2, 0.25) is 0 Å². The zero-order chi connectivity index (χ0) is 8.43. The minimum atomic E-state index is -1.14. The van der Waals surface area contributed by atoms with E-state index in [-0.39, 0.29) is 18.6 Å².